The van der Waals surface area contributed by atoms with E-state index in [9.17, 15) is 4.79 Å². The first-order valence-electron chi connectivity index (χ1n) is 8.02. The number of aromatic amines is 1. The van der Waals surface area contributed by atoms with Gasteiger partial charge in [-0.15, -0.1) is 0 Å². The summed E-state index contributed by atoms with van der Waals surface area (Å²) in [7, 11) is 0. The number of aryl methyl sites for hydroxylation is 3. The van der Waals surface area contributed by atoms with E-state index < -0.39 is 0 Å². The number of nitrogens with zero attached hydrogens (tertiary/aromatic N) is 4. The molecule has 7 heteroatoms. The number of hydrogen-bond acceptors (Lipinski definition) is 4. The van der Waals surface area contributed by atoms with Gasteiger partial charge >= 0.3 is 0 Å². The zero-order valence-electron chi connectivity index (χ0n) is 13.7. The predicted octanol–water partition coefficient (Wildman–Crippen LogP) is 1.60. The maximum absolute atomic E-state index is 12.6. The first-order valence-corrected chi connectivity index (χ1v) is 8.02. The molecule has 1 saturated heterocycles. The number of morpholine rings is 1. The number of H-pyrrole nitrogens is 1. The minimum Gasteiger partial charge on any atom is -0.377 e. The van der Waals surface area contributed by atoms with Crippen molar-refractivity contribution in [3.63, 3.8) is 0 Å². The van der Waals surface area contributed by atoms with E-state index in [0.717, 1.165) is 30.0 Å². The number of ether oxygens (including phenoxy) is 1. The standard InChI is InChI=1S/C16H23N5O2/c1-12-10-13(2)21(19-12)7-3-4-16(22)20-8-9-23-11-15(20)14-5-6-17-18-14/h5-6,10,15H,3-4,7-9,11H2,1-2H3,(H,17,18)/t15-/m0/s1. The van der Waals surface area contributed by atoms with E-state index >= 15 is 0 Å². The zero-order chi connectivity index (χ0) is 16.2. The van der Waals surface area contributed by atoms with Gasteiger partial charge < -0.3 is 9.64 Å². The minimum atomic E-state index is -0.0626. The van der Waals surface area contributed by atoms with Crippen LogP contribution in [0.15, 0.2) is 18.3 Å². The number of aromatic nitrogens is 4. The molecule has 0 aliphatic carbocycles. The molecule has 23 heavy (non-hydrogen) atoms. The first kappa shape index (κ1) is 15.7. The summed E-state index contributed by atoms with van der Waals surface area (Å²) >= 11 is 0. The summed E-state index contributed by atoms with van der Waals surface area (Å²) in [5.74, 6) is 0.162. The molecule has 1 atom stereocenters. The fourth-order valence-electron chi connectivity index (χ4n) is 3.04. The summed E-state index contributed by atoms with van der Waals surface area (Å²) in [5, 5.41) is 11.4. The van der Waals surface area contributed by atoms with E-state index in [2.05, 4.69) is 21.4 Å². The Balaban J connectivity index is 1.57. The maximum atomic E-state index is 12.6. The lowest BCUT2D eigenvalue weighted by molar-refractivity contribution is -0.140. The van der Waals surface area contributed by atoms with Gasteiger partial charge in [-0.25, -0.2) is 0 Å². The van der Waals surface area contributed by atoms with Gasteiger partial charge in [-0.05, 0) is 32.4 Å². The van der Waals surface area contributed by atoms with Crippen LogP contribution in [0.4, 0.5) is 0 Å². The van der Waals surface area contributed by atoms with Gasteiger partial charge in [0.15, 0.2) is 0 Å². The Bertz CT molecular complexity index is 649. The first-order chi connectivity index (χ1) is 11.1. The van der Waals surface area contributed by atoms with Crippen molar-refractivity contribution >= 4 is 5.91 Å². The lowest BCUT2D eigenvalue weighted by atomic mass is 10.1. The highest BCUT2D eigenvalue weighted by Gasteiger charge is 2.29. The van der Waals surface area contributed by atoms with Crippen molar-refractivity contribution in [2.24, 2.45) is 0 Å². The van der Waals surface area contributed by atoms with Gasteiger partial charge in [0.2, 0.25) is 5.91 Å². The molecule has 0 spiro atoms. The molecule has 1 aliphatic heterocycles. The Kier molecular flexibility index (Phi) is 4.76. The van der Waals surface area contributed by atoms with Crippen LogP contribution < -0.4 is 0 Å². The predicted molar refractivity (Wildman–Crippen MR) is 84.8 cm³/mol. The number of rotatable bonds is 5. The zero-order valence-corrected chi connectivity index (χ0v) is 13.7. The highest BCUT2D eigenvalue weighted by molar-refractivity contribution is 5.76. The molecule has 0 saturated carbocycles. The van der Waals surface area contributed by atoms with Gasteiger partial charge in [-0.3, -0.25) is 14.6 Å². The number of carbonyl (C=O) groups excluding carboxylic acids is 1. The van der Waals surface area contributed by atoms with Crippen LogP contribution in [-0.4, -0.2) is 50.5 Å². The van der Waals surface area contributed by atoms with Crippen molar-refractivity contribution in [2.45, 2.75) is 39.3 Å². The van der Waals surface area contributed by atoms with E-state index in [0.29, 0.717) is 26.2 Å². The largest absolute Gasteiger partial charge is 0.377 e. The smallest absolute Gasteiger partial charge is 0.223 e. The summed E-state index contributed by atoms with van der Waals surface area (Å²) < 4.78 is 7.49. The van der Waals surface area contributed by atoms with Gasteiger partial charge in [0.1, 0.15) is 0 Å². The molecule has 124 valence electrons. The van der Waals surface area contributed by atoms with Gasteiger partial charge in [-0.2, -0.15) is 10.2 Å². The van der Waals surface area contributed by atoms with E-state index in [1.165, 1.54) is 0 Å². The van der Waals surface area contributed by atoms with Crippen molar-refractivity contribution in [3.05, 3.63) is 35.4 Å². The normalized spacial score (nSPS) is 18.3. The monoisotopic (exact) mass is 317 g/mol. The maximum Gasteiger partial charge on any atom is 0.223 e. The van der Waals surface area contributed by atoms with E-state index in [1.54, 1.807) is 6.20 Å². The van der Waals surface area contributed by atoms with Crippen LogP contribution >= 0.6 is 0 Å². The summed E-state index contributed by atoms with van der Waals surface area (Å²) in [4.78, 5) is 14.5. The van der Waals surface area contributed by atoms with Crippen LogP contribution in [-0.2, 0) is 16.1 Å². The number of hydrogen-bond donors (Lipinski definition) is 1. The van der Waals surface area contributed by atoms with Crippen molar-refractivity contribution in [1.29, 1.82) is 0 Å². The average molecular weight is 317 g/mol. The topological polar surface area (TPSA) is 76.0 Å². The van der Waals surface area contributed by atoms with Gasteiger partial charge in [0, 0.05) is 31.4 Å². The second-order valence-corrected chi connectivity index (χ2v) is 5.94. The van der Waals surface area contributed by atoms with Crippen molar-refractivity contribution in [1.82, 2.24) is 24.9 Å². The molecule has 1 aliphatic rings. The second-order valence-electron chi connectivity index (χ2n) is 5.94. The van der Waals surface area contributed by atoms with E-state index in [-0.39, 0.29) is 11.9 Å². The van der Waals surface area contributed by atoms with Crippen LogP contribution in [0.25, 0.3) is 0 Å². The van der Waals surface area contributed by atoms with Crippen molar-refractivity contribution < 1.29 is 9.53 Å². The highest BCUT2D eigenvalue weighted by Crippen LogP contribution is 2.23. The lowest BCUT2D eigenvalue weighted by Gasteiger charge is -2.35. The molecule has 0 aromatic carbocycles. The molecular formula is C16H23N5O2. The van der Waals surface area contributed by atoms with Crippen LogP contribution in [0.3, 0.4) is 0 Å². The third kappa shape index (κ3) is 3.61. The molecule has 1 amide bonds. The van der Waals surface area contributed by atoms with E-state index in [4.69, 9.17) is 4.74 Å². The summed E-state index contributed by atoms with van der Waals surface area (Å²) in [5.41, 5.74) is 3.08. The second kappa shape index (κ2) is 6.95. The third-order valence-electron chi connectivity index (χ3n) is 4.19. The Hall–Kier alpha value is -2.15. The molecule has 0 radical (unpaired) electrons. The number of carbonyl (C=O) groups is 1. The molecule has 1 fully saturated rings. The number of amides is 1. The molecule has 2 aromatic rings. The Morgan fingerprint density at radius 2 is 2.35 bits per heavy atom. The molecule has 2 aromatic heterocycles. The van der Waals surface area contributed by atoms with Crippen LogP contribution in [0.2, 0.25) is 0 Å². The number of nitrogens with one attached hydrogen (secondary N) is 1. The SMILES string of the molecule is Cc1cc(C)n(CCCC(=O)N2CCOC[C@H]2c2ccn[nH]2)n1. The molecule has 3 rings (SSSR count). The molecule has 0 bridgehead atoms. The van der Waals surface area contributed by atoms with Gasteiger partial charge in [0.25, 0.3) is 0 Å². The van der Waals surface area contributed by atoms with Crippen LogP contribution in [0.5, 0.6) is 0 Å². The van der Waals surface area contributed by atoms with Crippen molar-refractivity contribution in [2.75, 3.05) is 19.8 Å². The highest BCUT2D eigenvalue weighted by atomic mass is 16.5. The molecule has 1 N–H and O–H groups in total. The van der Waals surface area contributed by atoms with Gasteiger partial charge in [0.05, 0.1) is 30.6 Å². The molecule has 7 nitrogen and oxygen atoms in total. The fraction of sp³-hybridized carbons (Fsp3) is 0.562. The van der Waals surface area contributed by atoms with Crippen molar-refractivity contribution in [3.8, 4) is 0 Å². The van der Waals surface area contributed by atoms with E-state index in [1.807, 2.05) is 29.5 Å². The summed E-state index contributed by atoms with van der Waals surface area (Å²) in [6.07, 6.45) is 3.01. The molecular weight excluding hydrogens is 294 g/mol. The average Bonchev–Trinajstić information content (AvgIpc) is 3.17. The Morgan fingerprint density at radius 3 is 3.04 bits per heavy atom. The summed E-state index contributed by atoms with van der Waals surface area (Å²) in [6, 6.07) is 3.89. The molecule has 3 heterocycles. The minimum absolute atomic E-state index is 0.0626. The van der Waals surface area contributed by atoms with Crippen LogP contribution in [0, 0.1) is 13.8 Å². The van der Waals surface area contributed by atoms with Crippen LogP contribution in [0.1, 0.15) is 36.0 Å². The summed E-state index contributed by atoms with van der Waals surface area (Å²) in [6.45, 7) is 6.53. The fourth-order valence-corrected chi connectivity index (χ4v) is 3.04. The van der Waals surface area contributed by atoms with Gasteiger partial charge in [-0.1, -0.05) is 0 Å². The molecule has 0 unspecified atom stereocenters. The third-order valence-corrected chi connectivity index (χ3v) is 4.19. The lowest BCUT2D eigenvalue weighted by Crippen LogP contribution is -2.43. The Morgan fingerprint density at radius 1 is 1.48 bits per heavy atom. The Labute approximate surface area is 135 Å². The quantitative estimate of drug-likeness (QED) is 0.909.